The second-order valence-corrected chi connectivity index (χ2v) is 8.26. The molecule has 2 N–H and O–H groups in total. The first kappa shape index (κ1) is 20.5. The highest BCUT2D eigenvalue weighted by Gasteiger charge is 2.16. The average molecular weight is 374 g/mol. The predicted octanol–water partition coefficient (Wildman–Crippen LogP) is 1.13. The molecule has 0 atom stereocenters. The van der Waals surface area contributed by atoms with Gasteiger partial charge in [-0.3, -0.25) is 9.59 Å². The Morgan fingerprint density at radius 1 is 1.17 bits per heavy atom. The van der Waals surface area contributed by atoms with Crippen LogP contribution in [-0.4, -0.2) is 56.7 Å². The molecule has 24 heavy (non-hydrogen) atoms. The molecule has 0 aliphatic carbocycles. The molecule has 0 fully saturated rings. The van der Waals surface area contributed by atoms with Crippen LogP contribution in [0.1, 0.15) is 13.3 Å². The summed E-state index contributed by atoms with van der Waals surface area (Å²) in [4.78, 5) is 24.5. The van der Waals surface area contributed by atoms with Crippen molar-refractivity contribution in [3.8, 4) is 0 Å². The lowest BCUT2D eigenvalue weighted by Gasteiger charge is -2.15. The molecule has 1 rings (SSSR count). The fraction of sp³-hybridized carbons (Fsp3) is 0.467. The van der Waals surface area contributed by atoms with Gasteiger partial charge in [0.25, 0.3) is 0 Å². The molecule has 0 aliphatic heterocycles. The second-order valence-electron chi connectivity index (χ2n) is 5.01. The highest BCUT2D eigenvalue weighted by molar-refractivity contribution is 7.98. The van der Waals surface area contributed by atoms with E-state index in [1.807, 2.05) is 18.4 Å². The molecular formula is C15H23N3O4S2. The van der Waals surface area contributed by atoms with Gasteiger partial charge < -0.3 is 10.6 Å². The van der Waals surface area contributed by atoms with E-state index in [9.17, 15) is 18.0 Å². The number of hydrogen-bond acceptors (Lipinski definition) is 5. The highest BCUT2D eigenvalue weighted by atomic mass is 32.2. The molecular weight excluding hydrogens is 350 g/mol. The highest BCUT2D eigenvalue weighted by Crippen LogP contribution is 2.17. The summed E-state index contributed by atoms with van der Waals surface area (Å²) in [6.07, 6.45) is 2.38. The van der Waals surface area contributed by atoms with Gasteiger partial charge in [0.2, 0.25) is 10.0 Å². The molecule has 0 heterocycles. The number of carbonyl (C=O) groups is 2. The van der Waals surface area contributed by atoms with Gasteiger partial charge in [0.15, 0.2) is 0 Å². The fourth-order valence-electron chi connectivity index (χ4n) is 1.81. The van der Waals surface area contributed by atoms with Crippen molar-refractivity contribution in [3.63, 3.8) is 0 Å². The first-order valence-corrected chi connectivity index (χ1v) is 10.3. The van der Waals surface area contributed by atoms with Crippen LogP contribution in [0.3, 0.4) is 0 Å². The molecule has 0 unspecified atom stereocenters. The number of sulfonamides is 1. The molecule has 0 saturated heterocycles. The van der Waals surface area contributed by atoms with Crippen molar-refractivity contribution in [2.45, 2.75) is 18.2 Å². The molecule has 0 aromatic heterocycles. The van der Waals surface area contributed by atoms with E-state index in [1.165, 1.54) is 11.4 Å². The number of thioether (sulfide) groups is 1. The van der Waals surface area contributed by atoms with Gasteiger partial charge in [-0.25, -0.2) is 12.7 Å². The first-order chi connectivity index (χ1) is 11.3. The minimum absolute atomic E-state index is 0.0353. The largest absolute Gasteiger partial charge is 0.348 e. The minimum atomic E-state index is -3.22. The summed E-state index contributed by atoms with van der Waals surface area (Å²) in [5.41, 5.74) is 0.543. The lowest BCUT2D eigenvalue weighted by molar-refractivity contribution is -0.136. The van der Waals surface area contributed by atoms with Crippen molar-refractivity contribution < 1.29 is 18.0 Å². The number of nitrogens with zero attached hydrogens (tertiary/aromatic N) is 1. The quantitative estimate of drug-likeness (QED) is 0.405. The van der Waals surface area contributed by atoms with E-state index < -0.39 is 21.8 Å². The van der Waals surface area contributed by atoms with Crippen LogP contribution in [-0.2, 0) is 19.6 Å². The maximum atomic E-state index is 11.8. The van der Waals surface area contributed by atoms with Crippen LogP contribution in [0.4, 0.5) is 5.69 Å². The Bertz CT molecular complexity index is 660. The van der Waals surface area contributed by atoms with Gasteiger partial charge in [-0.1, -0.05) is 0 Å². The Kier molecular flexibility index (Phi) is 8.23. The minimum Gasteiger partial charge on any atom is -0.348 e. The third-order valence-corrected chi connectivity index (χ3v) is 5.93. The van der Waals surface area contributed by atoms with E-state index in [0.717, 1.165) is 4.90 Å². The number of hydrogen-bond donors (Lipinski definition) is 2. The number of carbonyl (C=O) groups excluding carboxylic acids is 2. The average Bonchev–Trinajstić information content (AvgIpc) is 2.58. The Morgan fingerprint density at radius 2 is 1.79 bits per heavy atom. The normalized spacial score (nSPS) is 11.3. The number of benzene rings is 1. The van der Waals surface area contributed by atoms with Crippen LogP contribution < -0.4 is 10.6 Å². The summed E-state index contributed by atoms with van der Waals surface area (Å²) in [5.74, 6) is -1.46. The van der Waals surface area contributed by atoms with Gasteiger partial charge in [0.1, 0.15) is 0 Å². The van der Waals surface area contributed by atoms with Crippen molar-refractivity contribution in [3.05, 3.63) is 24.3 Å². The third kappa shape index (κ3) is 6.50. The van der Waals surface area contributed by atoms with Crippen molar-refractivity contribution >= 4 is 39.3 Å². The number of nitrogens with one attached hydrogen (secondary N) is 2. The smallest absolute Gasteiger partial charge is 0.313 e. The molecule has 0 aliphatic rings. The summed E-state index contributed by atoms with van der Waals surface area (Å²) < 4.78 is 24.4. The zero-order valence-corrected chi connectivity index (χ0v) is 15.7. The molecule has 0 bridgehead atoms. The molecule has 0 radical (unpaired) electrons. The van der Waals surface area contributed by atoms with E-state index in [-0.39, 0.29) is 18.8 Å². The molecule has 7 nitrogen and oxygen atoms in total. The Labute approximate surface area is 147 Å². The van der Waals surface area contributed by atoms with E-state index in [4.69, 9.17) is 0 Å². The van der Waals surface area contributed by atoms with Gasteiger partial charge in [0.05, 0.1) is 5.75 Å². The lowest BCUT2D eigenvalue weighted by Crippen LogP contribution is -2.37. The van der Waals surface area contributed by atoms with Crippen LogP contribution >= 0.6 is 11.8 Å². The van der Waals surface area contributed by atoms with Crippen LogP contribution in [0.5, 0.6) is 0 Å². The monoisotopic (exact) mass is 373 g/mol. The molecule has 1 aromatic rings. The van der Waals surface area contributed by atoms with Crippen molar-refractivity contribution in [2.75, 3.05) is 37.5 Å². The maximum Gasteiger partial charge on any atom is 0.313 e. The summed E-state index contributed by atoms with van der Waals surface area (Å²) >= 11 is 1.58. The zero-order chi connectivity index (χ0) is 18.2. The lowest BCUT2D eigenvalue weighted by atomic mass is 10.3. The van der Waals surface area contributed by atoms with Gasteiger partial charge in [0, 0.05) is 30.7 Å². The first-order valence-electron chi connectivity index (χ1n) is 7.47. The van der Waals surface area contributed by atoms with Gasteiger partial charge >= 0.3 is 11.8 Å². The van der Waals surface area contributed by atoms with Gasteiger partial charge in [-0.05, 0) is 43.9 Å². The van der Waals surface area contributed by atoms with Gasteiger partial charge in [-0.2, -0.15) is 0 Å². The molecule has 134 valence electrons. The van der Waals surface area contributed by atoms with Crippen LogP contribution in [0.2, 0.25) is 0 Å². The van der Waals surface area contributed by atoms with Crippen molar-refractivity contribution in [1.29, 1.82) is 0 Å². The Balaban J connectivity index is 2.35. The molecule has 1 aromatic carbocycles. The van der Waals surface area contributed by atoms with E-state index in [0.29, 0.717) is 12.1 Å². The van der Waals surface area contributed by atoms with Crippen LogP contribution in [0, 0.1) is 0 Å². The molecule has 2 amide bonds. The van der Waals surface area contributed by atoms with Crippen LogP contribution in [0.25, 0.3) is 0 Å². The number of amides is 2. The molecule has 9 heteroatoms. The second kappa shape index (κ2) is 9.65. The van der Waals surface area contributed by atoms with Crippen LogP contribution in [0.15, 0.2) is 29.2 Å². The molecule has 0 saturated carbocycles. The number of anilines is 1. The topological polar surface area (TPSA) is 95.6 Å². The summed E-state index contributed by atoms with van der Waals surface area (Å²) in [6.45, 7) is 2.08. The molecule has 0 spiro atoms. The standard InChI is InChI=1S/C15H23N3O4S2/c1-4-24(21,22)18(2)11-5-10-16-14(19)15(20)17-12-6-8-13(23-3)9-7-12/h6-9H,4-5,10-11H2,1-3H3,(H,16,19)(H,17,20). The summed E-state index contributed by atoms with van der Waals surface area (Å²) in [6, 6.07) is 7.15. The van der Waals surface area contributed by atoms with E-state index >= 15 is 0 Å². The third-order valence-electron chi connectivity index (χ3n) is 3.33. The summed E-state index contributed by atoms with van der Waals surface area (Å²) in [7, 11) is -1.73. The predicted molar refractivity (Wildman–Crippen MR) is 96.6 cm³/mol. The maximum absolute atomic E-state index is 11.8. The van der Waals surface area contributed by atoms with Crippen molar-refractivity contribution in [2.24, 2.45) is 0 Å². The van der Waals surface area contributed by atoms with Gasteiger partial charge in [-0.15, -0.1) is 11.8 Å². The van der Waals surface area contributed by atoms with E-state index in [2.05, 4.69) is 10.6 Å². The SMILES string of the molecule is CCS(=O)(=O)N(C)CCCNC(=O)C(=O)Nc1ccc(SC)cc1. The fourth-order valence-corrected chi connectivity index (χ4v) is 3.06. The van der Waals surface area contributed by atoms with E-state index in [1.54, 1.807) is 30.8 Å². The zero-order valence-electron chi connectivity index (χ0n) is 14.0. The van der Waals surface area contributed by atoms with Crippen molar-refractivity contribution in [1.82, 2.24) is 9.62 Å². The number of rotatable bonds is 8. The Morgan fingerprint density at radius 3 is 2.33 bits per heavy atom. The summed E-state index contributed by atoms with van der Waals surface area (Å²) in [5, 5.41) is 4.98. The Hall–Kier alpha value is -1.58.